The predicted octanol–water partition coefficient (Wildman–Crippen LogP) is 2.62. The smallest absolute Gasteiger partial charge is 0.340 e. The molecule has 1 aliphatic carbocycles. The molecule has 0 bridgehead atoms. The van der Waals surface area contributed by atoms with E-state index in [1.807, 2.05) is 6.07 Å². The molecule has 29 heavy (non-hydrogen) atoms. The lowest BCUT2D eigenvalue weighted by Gasteiger charge is -2.15. The van der Waals surface area contributed by atoms with E-state index in [0.29, 0.717) is 17.9 Å². The highest BCUT2D eigenvalue weighted by atomic mass is 16.5. The maximum atomic E-state index is 12.4. The second kappa shape index (κ2) is 12.6. The first-order valence-corrected chi connectivity index (χ1v) is 9.84. The molecule has 0 fully saturated rings. The average molecular weight is 403 g/mol. The molecule has 8 nitrogen and oxygen atoms in total. The Morgan fingerprint density at radius 3 is 2.69 bits per heavy atom. The topological polar surface area (TPSA) is 106 Å². The number of amides is 3. The Labute approximate surface area is 171 Å². The number of benzene rings is 1. The molecule has 0 saturated heterocycles. The lowest BCUT2D eigenvalue weighted by atomic mass is 9.97. The predicted molar refractivity (Wildman–Crippen MR) is 110 cm³/mol. The number of anilines is 1. The van der Waals surface area contributed by atoms with Gasteiger partial charge in [0.2, 0.25) is 0 Å². The Morgan fingerprint density at radius 2 is 1.93 bits per heavy atom. The van der Waals surface area contributed by atoms with E-state index in [9.17, 15) is 14.4 Å². The fraction of sp³-hybridized carbons (Fsp3) is 0.476. The van der Waals surface area contributed by atoms with Crippen LogP contribution in [0.25, 0.3) is 0 Å². The third-order valence-corrected chi connectivity index (χ3v) is 4.47. The molecule has 0 saturated carbocycles. The van der Waals surface area contributed by atoms with Crippen molar-refractivity contribution in [3.63, 3.8) is 0 Å². The van der Waals surface area contributed by atoms with E-state index in [1.165, 1.54) is 25.5 Å². The molecule has 0 radical (unpaired) electrons. The van der Waals surface area contributed by atoms with Crippen molar-refractivity contribution in [1.82, 2.24) is 10.6 Å². The maximum Gasteiger partial charge on any atom is 0.340 e. The summed E-state index contributed by atoms with van der Waals surface area (Å²) in [5, 5.41) is 7.80. The zero-order valence-corrected chi connectivity index (χ0v) is 16.8. The van der Waals surface area contributed by atoms with Gasteiger partial charge in [0.05, 0.1) is 12.2 Å². The molecule has 1 aromatic carbocycles. The quantitative estimate of drug-likeness (QED) is 0.315. The Kier molecular flexibility index (Phi) is 9.71. The van der Waals surface area contributed by atoms with Crippen LogP contribution in [0.3, 0.4) is 0 Å². The van der Waals surface area contributed by atoms with E-state index < -0.39 is 24.5 Å². The Bertz CT molecular complexity index is 733. The number of allylic oxidation sites excluding steroid dienone is 1. The molecule has 0 heterocycles. The van der Waals surface area contributed by atoms with Gasteiger partial charge in [0.25, 0.3) is 5.91 Å². The van der Waals surface area contributed by atoms with E-state index in [2.05, 4.69) is 22.0 Å². The normalized spacial score (nSPS) is 13.2. The summed E-state index contributed by atoms with van der Waals surface area (Å²) < 4.78 is 9.84. The van der Waals surface area contributed by atoms with Gasteiger partial charge in [-0.1, -0.05) is 23.8 Å². The van der Waals surface area contributed by atoms with Crippen LogP contribution in [0, 0.1) is 0 Å². The summed E-state index contributed by atoms with van der Waals surface area (Å²) in [6.07, 6.45) is 8.01. The molecule has 0 aromatic heterocycles. The highest BCUT2D eigenvalue weighted by Gasteiger charge is 2.15. The highest BCUT2D eigenvalue weighted by molar-refractivity contribution is 5.99. The summed E-state index contributed by atoms with van der Waals surface area (Å²) in [7, 11) is 1.50. The van der Waals surface area contributed by atoms with Crippen molar-refractivity contribution < 1.29 is 23.9 Å². The Morgan fingerprint density at radius 1 is 1.10 bits per heavy atom. The van der Waals surface area contributed by atoms with Gasteiger partial charge in [-0.25, -0.2) is 9.59 Å². The zero-order valence-electron chi connectivity index (χ0n) is 16.8. The molecule has 8 heteroatoms. The van der Waals surface area contributed by atoms with E-state index in [4.69, 9.17) is 9.47 Å². The van der Waals surface area contributed by atoms with Gasteiger partial charge in [-0.2, -0.15) is 0 Å². The monoisotopic (exact) mass is 403 g/mol. The summed E-state index contributed by atoms with van der Waals surface area (Å²) in [6.45, 7) is 0.777. The standard InChI is InChI=1S/C21H29N3O5/c1-28-14-13-23-21(27)24-19(25)15-29-20(26)17-9-5-6-10-18(17)22-12-11-16-7-3-2-4-8-16/h5-7,9-10,22H,2-4,8,11-15H2,1H3,(H2,23,24,25,27). The number of carbonyl (C=O) groups excluding carboxylic acids is 3. The van der Waals surface area contributed by atoms with Crippen LogP contribution in [-0.4, -0.2) is 51.3 Å². The number of para-hydroxylation sites is 1. The number of carbonyl (C=O) groups is 3. The number of imide groups is 1. The van der Waals surface area contributed by atoms with Gasteiger partial charge >= 0.3 is 12.0 Å². The minimum atomic E-state index is -0.706. The van der Waals surface area contributed by atoms with E-state index in [-0.39, 0.29) is 6.54 Å². The number of urea groups is 1. The molecule has 1 aromatic rings. The van der Waals surface area contributed by atoms with Crippen molar-refractivity contribution in [1.29, 1.82) is 0 Å². The Hall–Kier alpha value is -2.87. The van der Waals surface area contributed by atoms with E-state index in [1.54, 1.807) is 18.2 Å². The molecule has 3 N–H and O–H groups in total. The number of esters is 1. The third kappa shape index (κ3) is 8.35. The number of rotatable bonds is 10. The molecule has 158 valence electrons. The van der Waals surface area contributed by atoms with Crippen LogP contribution < -0.4 is 16.0 Å². The first-order chi connectivity index (χ1) is 14.1. The van der Waals surface area contributed by atoms with Crippen LogP contribution in [0.2, 0.25) is 0 Å². The summed E-state index contributed by atoms with van der Waals surface area (Å²) in [5.41, 5.74) is 2.46. The Balaban J connectivity index is 1.78. The molecule has 0 atom stereocenters. The van der Waals surface area contributed by atoms with Crippen molar-refractivity contribution in [2.24, 2.45) is 0 Å². The first-order valence-electron chi connectivity index (χ1n) is 9.84. The summed E-state index contributed by atoms with van der Waals surface area (Å²) in [6, 6.07) is 6.34. The van der Waals surface area contributed by atoms with Crippen LogP contribution in [0.15, 0.2) is 35.9 Å². The average Bonchev–Trinajstić information content (AvgIpc) is 2.73. The number of ether oxygens (including phenoxy) is 2. The fourth-order valence-corrected chi connectivity index (χ4v) is 2.99. The number of hydrogen-bond acceptors (Lipinski definition) is 6. The van der Waals surface area contributed by atoms with Gasteiger partial charge in [0, 0.05) is 25.9 Å². The largest absolute Gasteiger partial charge is 0.452 e. The van der Waals surface area contributed by atoms with E-state index in [0.717, 1.165) is 25.8 Å². The van der Waals surface area contributed by atoms with Gasteiger partial charge in [-0.05, 0) is 44.2 Å². The second-order valence-electron chi connectivity index (χ2n) is 6.70. The summed E-state index contributed by atoms with van der Waals surface area (Å²) in [4.78, 5) is 35.6. The zero-order chi connectivity index (χ0) is 20.9. The van der Waals surface area contributed by atoms with Crippen LogP contribution >= 0.6 is 0 Å². The maximum absolute atomic E-state index is 12.4. The van der Waals surface area contributed by atoms with Gasteiger partial charge in [0.1, 0.15) is 0 Å². The van der Waals surface area contributed by atoms with Crippen molar-refractivity contribution in [2.45, 2.75) is 32.1 Å². The molecular weight excluding hydrogens is 374 g/mol. The number of methoxy groups -OCH3 is 1. The third-order valence-electron chi connectivity index (χ3n) is 4.47. The van der Waals surface area contributed by atoms with Crippen LogP contribution in [0.5, 0.6) is 0 Å². The van der Waals surface area contributed by atoms with Crippen molar-refractivity contribution in [2.75, 3.05) is 38.7 Å². The van der Waals surface area contributed by atoms with Gasteiger partial charge in [0.15, 0.2) is 6.61 Å². The van der Waals surface area contributed by atoms with Gasteiger partial charge in [-0.3, -0.25) is 10.1 Å². The van der Waals surface area contributed by atoms with Crippen LogP contribution in [0.4, 0.5) is 10.5 Å². The highest BCUT2D eigenvalue weighted by Crippen LogP contribution is 2.21. The molecule has 1 aliphatic rings. The lowest BCUT2D eigenvalue weighted by molar-refractivity contribution is -0.123. The lowest BCUT2D eigenvalue weighted by Crippen LogP contribution is -2.42. The molecule has 0 aliphatic heterocycles. The summed E-state index contributed by atoms with van der Waals surface area (Å²) >= 11 is 0. The van der Waals surface area contributed by atoms with Crippen LogP contribution in [0.1, 0.15) is 42.5 Å². The molecular formula is C21H29N3O5. The number of hydrogen-bond donors (Lipinski definition) is 3. The first kappa shape index (κ1) is 22.4. The van der Waals surface area contributed by atoms with Crippen molar-refractivity contribution in [3.8, 4) is 0 Å². The minimum absolute atomic E-state index is 0.269. The van der Waals surface area contributed by atoms with E-state index >= 15 is 0 Å². The fourth-order valence-electron chi connectivity index (χ4n) is 2.99. The minimum Gasteiger partial charge on any atom is -0.452 e. The summed E-state index contributed by atoms with van der Waals surface area (Å²) in [5.74, 6) is -1.33. The second-order valence-corrected chi connectivity index (χ2v) is 6.70. The van der Waals surface area contributed by atoms with Crippen molar-refractivity contribution in [3.05, 3.63) is 41.5 Å². The van der Waals surface area contributed by atoms with Gasteiger partial charge in [-0.15, -0.1) is 0 Å². The molecule has 0 spiro atoms. The van der Waals surface area contributed by atoms with Crippen LogP contribution in [-0.2, 0) is 14.3 Å². The number of nitrogens with one attached hydrogen (secondary N) is 3. The van der Waals surface area contributed by atoms with Gasteiger partial charge < -0.3 is 20.1 Å². The SMILES string of the molecule is COCCNC(=O)NC(=O)COC(=O)c1ccccc1NCCC1=CCCCC1. The molecule has 2 rings (SSSR count). The molecule has 0 unspecified atom stereocenters. The molecule has 3 amide bonds. The van der Waals surface area contributed by atoms with Crippen molar-refractivity contribution >= 4 is 23.6 Å².